The maximum Gasteiger partial charge on any atom is 0.407 e. The number of rotatable bonds is 1. The Bertz CT molecular complexity index is 286. The van der Waals surface area contributed by atoms with Crippen molar-refractivity contribution in [2.45, 2.75) is 51.7 Å². The maximum atomic E-state index is 11.8. The van der Waals surface area contributed by atoms with Gasteiger partial charge in [-0.25, -0.2) is 4.79 Å². The lowest BCUT2D eigenvalue weighted by Crippen LogP contribution is -2.47. The molecule has 1 amide bonds. The Balaban J connectivity index is 1.87. The second-order valence-electron chi connectivity index (χ2n) is 6.27. The predicted octanol–water partition coefficient (Wildman–Crippen LogP) is 1.90. The van der Waals surface area contributed by atoms with Crippen molar-refractivity contribution in [3.8, 4) is 0 Å². The van der Waals surface area contributed by atoms with Gasteiger partial charge in [0.15, 0.2) is 0 Å². The van der Waals surface area contributed by atoms with Crippen molar-refractivity contribution in [3.63, 3.8) is 0 Å². The van der Waals surface area contributed by atoms with Gasteiger partial charge >= 0.3 is 6.09 Å². The number of ether oxygens (including phenoxy) is 1. The van der Waals surface area contributed by atoms with Crippen LogP contribution in [0.2, 0.25) is 0 Å². The number of hydrogen-bond donors (Lipinski definition) is 2. The van der Waals surface area contributed by atoms with Crippen LogP contribution in [0.15, 0.2) is 0 Å². The van der Waals surface area contributed by atoms with E-state index >= 15 is 0 Å². The molecule has 1 aliphatic carbocycles. The maximum absolute atomic E-state index is 11.8. The minimum atomic E-state index is -0.411. The molecule has 1 saturated heterocycles. The number of nitrogens with one attached hydrogen (secondary N) is 2. The Hall–Kier alpha value is -0.770. The fraction of sp³-hybridized carbons (Fsp3) is 0.923. The van der Waals surface area contributed by atoms with Gasteiger partial charge in [-0.3, -0.25) is 0 Å². The van der Waals surface area contributed by atoms with Crippen LogP contribution in [-0.2, 0) is 4.74 Å². The molecule has 2 aliphatic rings. The van der Waals surface area contributed by atoms with Crippen LogP contribution < -0.4 is 10.6 Å². The van der Waals surface area contributed by atoms with Gasteiger partial charge in [0.2, 0.25) is 0 Å². The molecule has 0 aromatic carbocycles. The Kier molecular flexibility index (Phi) is 3.61. The molecule has 4 heteroatoms. The molecule has 3 atom stereocenters. The number of carbonyl (C=O) groups is 1. The molecule has 17 heavy (non-hydrogen) atoms. The van der Waals surface area contributed by atoms with Crippen LogP contribution in [0.25, 0.3) is 0 Å². The molecular weight excluding hydrogens is 216 g/mol. The third-order valence-electron chi connectivity index (χ3n) is 3.70. The fourth-order valence-corrected chi connectivity index (χ4v) is 2.99. The normalized spacial score (nSPS) is 33.0. The standard InChI is InChI=1S/C13H24N2O2/c1-13(2,3)17-12(16)15-11-6-4-5-9-7-14-8-10(9)11/h9-11,14H,4-8H2,1-3H3,(H,15,16)/t9-,10+,11+/m1/s1. The summed E-state index contributed by atoms with van der Waals surface area (Å²) in [6.45, 7) is 7.83. The third-order valence-corrected chi connectivity index (χ3v) is 3.70. The Labute approximate surface area is 103 Å². The monoisotopic (exact) mass is 240 g/mol. The second-order valence-corrected chi connectivity index (χ2v) is 6.27. The fourth-order valence-electron chi connectivity index (χ4n) is 2.99. The van der Waals surface area contributed by atoms with E-state index in [1.54, 1.807) is 0 Å². The lowest BCUT2D eigenvalue weighted by atomic mass is 9.78. The first-order chi connectivity index (χ1) is 7.96. The van der Waals surface area contributed by atoms with Crippen LogP contribution in [0, 0.1) is 11.8 Å². The summed E-state index contributed by atoms with van der Waals surface area (Å²) in [5.74, 6) is 1.33. The van der Waals surface area contributed by atoms with Crippen LogP contribution in [-0.4, -0.2) is 30.8 Å². The highest BCUT2D eigenvalue weighted by molar-refractivity contribution is 5.68. The minimum Gasteiger partial charge on any atom is -0.444 e. The summed E-state index contributed by atoms with van der Waals surface area (Å²) in [7, 11) is 0. The van der Waals surface area contributed by atoms with E-state index in [-0.39, 0.29) is 6.09 Å². The lowest BCUT2D eigenvalue weighted by Gasteiger charge is -2.34. The van der Waals surface area contributed by atoms with Crippen LogP contribution in [0.4, 0.5) is 4.79 Å². The molecule has 2 rings (SSSR count). The van der Waals surface area contributed by atoms with Crippen molar-refractivity contribution in [1.29, 1.82) is 0 Å². The first-order valence-corrected chi connectivity index (χ1v) is 6.66. The van der Waals surface area contributed by atoms with Gasteiger partial charge in [-0.2, -0.15) is 0 Å². The van der Waals surface area contributed by atoms with E-state index in [4.69, 9.17) is 4.74 Å². The highest BCUT2D eigenvalue weighted by atomic mass is 16.6. The smallest absolute Gasteiger partial charge is 0.407 e. The summed E-state index contributed by atoms with van der Waals surface area (Å²) in [4.78, 5) is 11.8. The molecule has 2 fully saturated rings. The quantitative estimate of drug-likeness (QED) is 0.736. The van der Waals surface area contributed by atoms with Gasteiger partial charge < -0.3 is 15.4 Å². The summed E-state index contributed by atoms with van der Waals surface area (Å²) in [6, 6.07) is 0.290. The van der Waals surface area contributed by atoms with Crippen molar-refractivity contribution in [2.24, 2.45) is 11.8 Å². The molecule has 0 unspecified atom stereocenters. The van der Waals surface area contributed by atoms with Crippen LogP contribution in [0.3, 0.4) is 0 Å². The molecule has 0 aromatic rings. The number of fused-ring (bicyclic) bond motifs is 1. The molecule has 0 spiro atoms. The molecule has 1 aliphatic heterocycles. The van der Waals surface area contributed by atoms with E-state index in [0.717, 1.165) is 25.4 Å². The van der Waals surface area contributed by atoms with Gasteiger partial charge in [-0.1, -0.05) is 6.42 Å². The van der Waals surface area contributed by atoms with Crippen molar-refractivity contribution >= 4 is 6.09 Å². The average molecular weight is 240 g/mol. The number of carbonyl (C=O) groups excluding carboxylic acids is 1. The van der Waals surface area contributed by atoms with Gasteiger partial charge in [-0.15, -0.1) is 0 Å². The number of alkyl carbamates (subject to hydrolysis) is 1. The predicted molar refractivity (Wildman–Crippen MR) is 66.9 cm³/mol. The SMILES string of the molecule is CC(C)(C)OC(=O)N[C@H]1CCC[C@@H]2CNC[C@@H]21. The van der Waals surface area contributed by atoms with Crippen molar-refractivity contribution in [1.82, 2.24) is 10.6 Å². The van der Waals surface area contributed by atoms with E-state index in [1.807, 2.05) is 20.8 Å². The zero-order valence-corrected chi connectivity index (χ0v) is 11.1. The van der Waals surface area contributed by atoms with Crippen molar-refractivity contribution < 1.29 is 9.53 Å². The lowest BCUT2D eigenvalue weighted by molar-refractivity contribution is 0.0461. The highest BCUT2D eigenvalue weighted by Gasteiger charge is 2.37. The Morgan fingerprint density at radius 1 is 1.29 bits per heavy atom. The molecule has 2 N–H and O–H groups in total. The van der Waals surface area contributed by atoms with E-state index in [9.17, 15) is 4.79 Å². The number of amides is 1. The van der Waals surface area contributed by atoms with Gasteiger partial charge in [-0.05, 0) is 52.0 Å². The zero-order chi connectivity index (χ0) is 12.5. The van der Waals surface area contributed by atoms with Crippen molar-refractivity contribution in [3.05, 3.63) is 0 Å². The summed E-state index contributed by atoms with van der Waals surface area (Å²) >= 11 is 0. The van der Waals surface area contributed by atoms with Gasteiger partial charge in [0, 0.05) is 12.6 Å². The molecule has 0 radical (unpaired) electrons. The topological polar surface area (TPSA) is 50.4 Å². The summed E-state index contributed by atoms with van der Waals surface area (Å²) in [5, 5.41) is 6.47. The van der Waals surface area contributed by atoms with Crippen LogP contribution in [0.5, 0.6) is 0 Å². The molecule has 1 saturated carbocycles. The summed E-state index contributed by atoms with van der Waals surface area (Å²) in [5.41, 5.74) is -0.411. The van der Waals surface area contributed by atoms with Gasteiger partial charge in [0.1, 0.15) is 5.60 Å². The number of hydrogen-bond acceptors (Lipinski definition) is 3. The largest absolute Gasteiger partial charge is 0.444 e. The third kappa shape index (κ3) is 3.35. The van der Waals surface area contributed by atoms with E-state index in [1.165, 1.54) is 12.8 Å². The first kappa shape index (κ1) is 12.7. The Morgan fingerprint density at radius 3 is 2.76 bits per heavy atom. The van der Waals surface area contributed by atoms with E-state index < -0.39 is 5.60 Å². The molecule has 1 heterocycles. The minimum absolute atomic E-state index is 0.268. The van der Waals surface area contributed by atoms with Crippen LogP contribution >= 0.6 is 0 Å². The molecular formula is C13H24N2O2. The summed E-state index contributed by atoms with van der Waals surface area (Å²) in [6.07, 6.45) is 3.32. The summed E-state index contributed by atoms with van der Waals surface area (Å²) < 4.78 is 5.32. The zero-order valence-electron chi connectivity index (χ0n) is 11.1. The first-order valence-electron chi connectivity index (χ1n) is 6.66. The average Bonchev–Trinajstić information content (AvgIpc) is 2.63. The van der Waals surface area contributed by atoms with Crippen molar-refractivity contribution in [2.75, 3.05) is 13.1 Å². The Morgan fingerprint density at radius 2 is 2.06 bits per heavy atom. The van der Waals surface area contributed by atoms with Gasteiger partial charge in [0.05, 0.1) is 0 Å². The highest BCUT2D eigenvalue weighted by Crippen LogP contribution is 2.32. The molecule has 0 bridgehead atoms. The van der Waals surface area contributed by atoms with E-state index in [2.05, 4.69) is 10.6 Å². The van der Waals surface area contributed by atoms with Gasteiger partial charge in [0.25, 0.3) is 0 Å². The van der Waals surface area contributed by atoms with E-state index in [0.29, 0.717) is 12.0 Å². The molecule has 4 nitrogen and oxygen atoms in total. The molecule has 0 aromatic heterocycles. The van der Waals surface area contributed by atoms with Crippen LogP contribution in [0.1, 0.15) is 40.0 Å². The molecule has 98 valence electrons. The second kappa shape index (κ2) is 4.84.